The lowest BCUT2D eigenvalue weighted by Gasteiger charge is -2.34. The smallest absolute Gasteiger partial charge is 0.405 e. The molecule has 0 aromatic rings. The van der Waals surface area contributed by atoms with Gasteiger partial charge in [0.25, 0.3) is 0 Å². The Labute approximate surface area is 92.7 Å². The minimum absolute atomic E-state index is 0.180. The van der Waals surface area contributed by atoms with Gasteiger partial charge in [-0.3, -0.25) is 0 Å². The number of allylic oxidation sites excluding steroid dienone is 1. The van der Waals surface area contributed by atoms with E-state index in [4.69, 9.17) is 24.7 Å². The van der Waals surface area contributed by atoms with Crippen LogP contribution in [0.4, 0.5) is 4.79 Å². The van der Waals surface area contributed by atoms with E-state index in [9.17, 15) is 9.90 Å². The van der Waals surface area contributed by atoms with E-state index in [1.54, 1.807) is 6.92 Å². The topological polar surface area (TPSA) is 100 Å². The number of rotatable bonds is 3. The average molecular weight is 233 g/mol. The minimum Gasteiger partial charge on any atom is -0.495 e. The number of nitrogens with two attached hydrogens (primary N) is 1. The maximum Gasteiger partial charge on any atom is 0.405 e. The lowest BCUT2D eigenvalue weighted by Crippen LogP contribution is -2.48. The fourth-order valence-corrected chi connectivity index (χ4v) is 1.51. The Bertz CT molecular complexity index is 302. The molecule has 92 valence electrons. The highest BCUT2D eigenvalue weighted by Crippen LogP contribution is 2.27. The summed E-state index contributed by atoms with van der Waals surface area (Å²) in [6.45, 7) is 1.61. The van der Waals surface area contributed by atoms with Gasteiger partial charge in [0.05, 0.1) is 7.11 Å². The quantitative estimate of drug-likeness (QED) is 0.693. The van der Waals surface area contributed by atoms with E-state index < -0.39 is 24.6 Å². The molecule has 0 radical (unpaired) electrons. The van der Waals surface area contributed by atoms with Gasteiger partial charge in [0.2, 0.25) is 6.29 Å². The molecule has 0 aromatic heterocycles. The molecule has 0 aromatic carbocycles. The fraction of sp³-hybridized carbons (Fsp3) is 0.667. The minimum atomic E-state index is -1.17. The molecule has 3 atom stereocenters. The van der Waals surface area contributed by atoms with Crippen molar-refractivity contribution in [2.24, 2.45) is 5.73 Å². The van der Waals surface area contributed by atoms with Crippen molar-refractivity contribution in [2.45, 2.75) is 25.4 Å². The normalized spacial score (nSPS) is 29.6. The molecule has 16 heavy (non-hydrogen) atoms. The SMILES string of the molecule is COC1=C(C)OC(OC)C(OC(N)=O)C1O. The summed E-state index contributed by atoms with van der Waals surface area (Å²) >= 11 is 0. The molecule has 1 aliphatic rings. The zero-order chi connectivity index (χ0) is 12.3. The molecule has 3 unspecified atom stereocenters. The van der Waals surface area contributed by atoms with Gasteiger partial charge in [-0.15, -0.1) is 0 Å². The van der Waals surface area contributed by atoms with Gasteiger partial charge in [0, 0.05) is 7.11 Å². The maximum atomic E-state index is 10.7. The van der Waals surface area contributed by atoms with Crippen LogP contribution in [-0.2, 0) is 18.9 Å². The third-order valence-corrected chi connectivity index (χ3v) is 2.19. The molecular formula is C9H15NO6. The van der Waals surface area contributed by atoms with E-state index in [-0.39, 0.29) is 5.76 Å². The molecule has 0 bridgehead atoms. The van der Waals surface area contributed by atoms with Crippen LogP contribution >= 0.6 is 0 Å². The van der Waals surface area contributed by atoms with Crippen LogP contribution < -0.4 is 5.73 Å². The Morgan fingerprint density at radius 3 is 2.56 bits per heavy atom. The summed E-state index contributed by atoms with van der Waals surface area (Å²) in [6, 6.07) is 0. The number of hydrogen-bond acceptors (Lipinski definition) is 6. The second-order valence-corrected chi connectivity index (χ2v) is 3.19. The first kappa shape index (κ1) is 12.6. The van der Waals surface area contributed by atoms with Crippen molar-refractivity contribution in [3.63, 3.8) is 0 Å². The average Bonchev–Trinajstić information content (AvgIpc) is 2.22. The lowest BCUT2D eigenvalue weighted by atomic mass is 10.1. The molecule has 0 aliphatic carbocycles. The molecule has 7 nitrogen and oxygen atoms in total. The number of ether oxygens (including phenoxy) is 4. The first-order chi connectivity index (χ1) is 7.51. The van der Waals surface area contributed by atoms with Crippen molar-refractivity contribution in [3.05, 3.63) is 11.5 Å². The highest BCUT2D eigenvalue weighted by atomic mass is 16.7. The number of amides is 1. The Hall–Kier alpha value is -1.47. The van der Waals surface area contributed by atoms with Crippen molar-refractivity contribution < 1.29 is 28.8 Å². The predicted octanol–water partition coefficient (Wildman–Crippen LogP) is -0.308. The van der Waals surface area contributed by atoms with Crippen LogP contribution in [0.25, 0.3) is 0 Å². The number of hydrogen-bond donors (Lipinski definition) is 2. The first-order valence-corrected chi connectivity index (χ1v) is 4.59. The van der Waals surface area contributed by atoms with Crippen LogP contribution in [-0.4, -0.2) is 43.9 Å². The Morgan fingerprint density at radius 2 is 2.12 bits per heavy atom. The van der Waals surface area contributed by atoms with Gasteiger partial charge >= 0.3 is 6.09 Å². The second-order valence-electron chi connectivity index (χ2n) is 3.19. The lowest BCUT2D eigenvalue weighted by molar-refractivity contribution is -0.201. The summed E-state index contributed by atoms with van der Waals surface area (Å²) in [5.41, 5.74) is 4.88. The molecule has 0 saturated carbocycles. The number of aliphatic hydroxyl groups is 1. The molecule has 7 heteroatoms. The van der Waals surface area contributed by atoms with Gasteiger partial charge in [-0.2, -0.15) is 0 Å². The summed E-state index contributed by atoms with van der Waals surface area (Å²) in [6.07, 6.45) is -4.16. The number of carbonyl (C=O) groups excluding carboxylic acids is 1. The number of aliphatic hydroxyl groups excluding tert-OH is 1. The fourth-order valence-electron chi connectivity index (χ4n) is 1.51. The van der Waals surface area contributed by atoms with Gasteiger partial charge in [-0.25, -0.2) is 4.79 Å². The van der Waals surface area contributed by atoms with E-state index in [1.165, 1.54) is 14.2 Å². The number of methoxy groups -OCH3 is 2. The van der Waals surface area contributed by atoms with E-state index >= 15 is 0 Å². The van der Waals surface area contributed by atoms with Crippen molar-refractivity contribution >= 4 is 6.09 Å². The van der Waals surface area contributed by atoms with Gasteiger partial charge in [-0.05, 0) is 6.92 Å². The van der Waals surface area contributed by atoms with Gasteiger partial charge in [0.15, 0.2) is 18.0 Å². The summed E-state index contributed by atoms with van der Waals surface area (Å²) in [5, 5.41) is 9.87. The van der Waals surface area contributed by atoms with Crippen LogP contribution in [0.5, 0.6) is 0 Å². The monoisotopic (exact) mass is 233 g/mol. The summed E-state index contributed by atoms with van der Waals surface area (Å²) in [4.78, 5) is 10.7. The molecule has 3 N–H and O–H groups in total. The summed E-state index contributed by atoms with van der Waals surface area (Å²) < 4.78 is 19.8. The zero-order valence-electron chi connectivity index (χ0n) is 9.30. The third kappa shape index (κ3) is 2.37. The van der Waals surface area contributed by atoms with Crippen LogP contribution in [0.3, 0.4) is 0 Å². The van der Waals surface area contributed by atoms with E-state index in [2.05, 4.69) is 0 Å². The second kappa shape index (κ2) is 5.04. The van der Waals surface area contributed by atoms with E-state index in [1.807, 2.05) is 0 Å². The van der Waals surface area contributed by atoms with Crippen molar-refractivity contribution in [1.29, 1.82) is 0 Å². The van der Waals surface area contributed by atoms with Crippen LogP contribution in [0.1, 0.15) is 6.92 Å². The predicted molar refractivity (Wildman–Crippen MR) is 52.1 cm³/mol. The Kier molecular flexibility index (Phi) is 3.97. The zero-order valence-corrected chi connectivity index (χ0v) is 9.30. The van der Waals surface area contributed by atoms with Crippen molar-refractivity contribution in [2.75, 3.05) is 14.2 Å². The standard InChI is InChI=1S/C9H15NO6/c1-4-6(13-2)5(11)7(16-9(10)12)8(14-3)15-4/h5,7-8,11H,1-3H3,(H2,10,12). The van der Waals surface area contributed by atoms with E-state index in [0.717, 1.165) is 0 Å². The van der Waals surface area contributed by atoms with Gasteiger partial charge in [-0.1, -0.05) is 0 Å². The van der Waals surface area contributed by atoms with Gasteiger partial charge < -0.3 is 29.8 Å². The highest BCUT2D eigenvalue weighted by molar-refractivity contribution is 5.65. The maximum absolute atomic E-state index is 10.7. The van der Waals surface area contributed by atoms with Crippen LogP contribution in [0.2, 0.25) is 0 Å². The third-order valence-electron chi connectivity index (χ3n) is 2.19. The van der Waals surface area contributed by atoms with Crippen molar-refractivity contribution in [1.82, 2.24) is 0 Å². The largest absolute Gasteiger partial charge is 0.495 e. The Morgan fingerprint density at radius 1 is 1.50 bits per heavy atom. The van der Waals surface area contributed by atoms with Crippen molar-refractivity contribution in [3.8, 4) is 0 Å². The molecule has 1 amide bonds. The molecule has 1 heterocycles. The molecule has 0 fully saturated rings. The number of carbonyl (C=O) groups is 1. The molecule has 0 saturated heterocycles. The molecule has 1 rings (SSSR count). The molecular weight excluding hydrogens is 218 g/mol. The van der Waals surface area contributed by atoms with Crippen LogP contribution in [0.15, 0.2) is 11.5 Å². The molecule has 1 aliphatic heterocycles. The summed E-state index contributed by atoms with van der Waals surface area (Å²) in [5.74, 6) is 0.547. The number of primary amides is 1. The summed E-state index contributed by atoms with van der Waals surface area (Å²) in [7, 11) is 2.74. The highest BCUT2D eigenvalue weighted by Gasteiger charge is 2.41. The van der Waals surface area contributed by atoms with Gasteiger partial charge in [0.1, 0.15) is 5.76 Å². The molecule has 0 spiro atoms. The Balaban J connectivity index is 2.93. The first-order valence-electron chi connectivity index (χ1n) is 4.59. The van der Waals surface area contributed by atoms with E-state index in [0.29, 0.717) is 5.76 Å². The van der Waals surface area contributed by atoms with Crippen LogP contribution in [0, 0.1) is 0 Å².